The molecule has 0 fully saturated rings. The van der Waals surface area contributed by atoms with Crippen molar-refractivity contribution in [2.75, 3.05) is 10.6 Å². The van der Waals surface area contributed by atoms with E-state index in [1.54, 1.807) is 12.3 Å². The zero-order valence-electron chi connectivity index (χ0n) is 15.0. The van der Waals surface area contributed by atoms with Gasteiger partial charge in [-0.1, -0.05) is 42.0 Å². The SMILES string of the molecule is Cc1cccc(CNc2cncc(C(=O)Nc3ccccc3C(F)(F)F)c2)c1. The smallest absolute Gasteiger partial charge is 0.380 e. The Bertz CT molecular complexity index is 986. The molecule has 2 aromatic carbocycles. The standard InChI is InChI=1S/C21H18F3N3O/c1-14-5-4-6-15(9-14)11-26-17-10-16(12-25-13-17)20(28)27-19-8-3-2-7-18(19)21(22,23)24/h2-10,12-13,26H,11H2,1H3,(H,27,28). The summed E-state index contributed by atoms with van der Waals surface area (Å²) in [5, 5.41) is 5.48. The molecule has 4 nitrogen and oxygen atoms in total. The first-order chi connectivity index (χ1) is 13.3. The van der Waals surface area contributed by atoms with Crippen molar-refractivity contribution < 1.29 is 18.0 Å². The molecule has 3 aromatic rings. The molecule has 2 N–H and O–H groups in total. The Morgan fingerprint density at radius 3 is 2.57 bits per heavy atom. The molecule has 0 radical (unpaired) electrons. The summed E-state index contributed by atoms with van der Waals surface area (Å²) in [7, 11) is 0. The number of nitrogens with zero attached hydrogens (tertiary/aromatic N) is 1. The number of hydrogen-bond donors (Lipinski definition) is 2. The van der Waals surface area contributed by atoms with Crippen molar-refractivity contribution in [3.63, 3.8) is 0 Å². The lowest BCUT2D eigenvalue weighted by Gasteiger charge is -2.14. The Kier molecular flexibility index (Phi) is 5.63. The van der Waals surface area contributed by atoms with E-state index in [2.05, 4.69) is 15.6 Å². The molecule has 0 spiro atoms. The van der Waals surface area contributed by atoms with Crippen LogP contribution < -0.4 is 10.6 Å². The minimum Gasteiger partial charge on any atom is -0.380 e. The van der Waals surface area contributed by atoms with Crippen LogP contribution in [0.5, 0.6) is 0 Å². The van der Waals surface area contributed by atoms with E-state index in [0.29, 0.717) is 12.2 Å². The number of benzene rings is 2. The first-order valence-electron chi connectivity index (χ1n) is 8.55. The molecule has 0 bridgehead atoms. The maximum atomic E-state index is 13.1. The number of amides is 1. The normalized spacial score (nSPS) is 11.1. The Balaban J connectivity index is 1.73. The Morgan fingerprint density at radius 1 is 1.04 bits per heavy atom. The highest BCUT2D eigenvalue weighted by atomic mass is 19.4. The number of pyridine rings is 1. The summed E-state index contributed by atoms with van der Waals surface area (Å²) in [6.07, 6.45) is -1.70. The summed E-state index contributed by atoms with van der Waals surface area (Å²) >= 11 is 0. The van der Waals surface area contributed by atoms with Crippen LogP contribution >= 0.6 is 0 Å². The van der Waals surface area contributed by atoms with Crippen molar-refractivity contribution in [1.29, 1.82) is 0 Å². The van der Waals surface area contributed by atoms with Gasteiger partial charge >= 0.3 is 6.18 Å². The second-order valence-electron chi connectivity index (χ2n) is 6.30. The van der Waals surface area contributed by atoms with Crippen LogP contribution in [0, 0.1) is 6.92 Å². The maximum Gasteiger partial charge on any atom is 0.418 e. The number of aromatic nitrogens is 1. The third-order valence-corrected chi connectivity index (χ3v) is 4.06. The minimum atomic E-state index is -4.56. The van der Waals surface area contributed by atoms with Crippen LogP contribution in [-0.4, -0.2) is 10.9 Å². The quantitative estimate of drug-likeness (QED) is 0.629. The molecule has 0 atom stereocenters. The summed E-state index contributed by atoms with van der Waals surface area (Å²) in [5.41, 5.74) is 1.76. The van der Waals surface area contributed by atoms with Gasteiger partial charge in [-0.15, -0.1) is 0 Å². The molecule has 28 heavy (non-hydrogen) atoms. The van der Waals surface area contributed by atoms with E-state index in [-0.39, 0.29) is 11.3 Å². The van der Waals surface area contributed by atoms with Gasteiger partial charge in [0.05, 0.1) is 22.5 Å². The van der Waals surface area contributed by atoms with Gasteiger partial charge < -0.3 is 10.6 Å². The lowest BCUT2D eigenvalue weighted by Crippen LogP contribution is -2.17. The van der Waals surface area contributed by atoms with E-state index >= 15 is 0 Å². The Morgan fingerprint density at radius 2 is 1.82 bits per heavy atom. The molecule has 7 heteroatoms. The van der Waals surface area contributed by atoms with Crippen LogP contribution in [-0.2, 0) is 12.7 Å². The molecule has 1 heterocycles. The lowest BCUT2D eigenvalue weighted by molar-refractivity contribution is -0.136. The maximum absolute atomic E-state index is 13.1. The molecular weight excluding hydrogens is 367 g/mol. The highest BCUT2D eigenvalue weighted by Crippen LogP contribution is 2.34. The van der Waals surface area contributed by atoms with E-state index in [9.17, 15) is 18.0 Å². The predicted molar refractivity (Wildman–Crippen MR) is 102 cm³/mol. The van der Waals surface area contributed by atoms with Crippen molar-refractivity contribution in [3.8, 4) is 0 Å². The Labute approximate surface area is 160 Å². The summed E-state index contributed by atoms with van der Waals surface area (Å²) in [6, 6.07) is 14.3. The molecule has 144 valence electrons. The summed E-state index contributed by atoms with van der Waals surface area (Å²) < 4.78 is 39.2. The first-order valence-corrected chi connectivity index (χ1v) is 8.55. The fourth-order valence-corrected chi connectivity index (χ4v) is 2.72. The number of hydrogen-bond acceptors (Lipinski definition) is 3. The van der Waals surface area contributed by atoms with Gasteiger partial charge in [0.2, 0.25) is 0 Å². The van der Waals surface area contributed by atoms with Gasteiger partial charge in [-0.3, -0.25) is 9.78 Å². The highest BCUT2D eigenvalue weighted by Gasteiger charge is 2.33. The largest absolute Gasteiger partial charge is 0.418 e. The van der Waals surface area contributed by atoms with E-state index in [1.807, 2.05) is 31.2 Å². The number of rotatable bonds is 5. The number of carbonyl (C=O) groups excluding carboxylic acids is 1. The lowest BCUT2D eigenvalue weighted by atomic mass is 10.1. The minimum absolute atomic E-state index is 0.159. The monoisotopic (exact) mass is 385 g/mol. The van der Waals surface area contributed by atoms with E-state index < -0.39 is 17.6 Å². The van der Waals surface area contributed by atoms with E-state index in [1.165, 1.54) is 24.4 Å². The van der Waals surface area contributed by atoms with Crippen LogP contribution in [0.25, 0.3) is 0 Å². The zero-order valence-corrected chi connectivity index (χ0v) is 15.0. The molecule has 1 aromatic heterocycles. The molecule has 0 aliphatic carbocycles. The van der Waals surface area contributed by atoms with Gasteiger partial charge in [0, 0.05) is 18.9 Å². The second-order valence-corrected chi connectivity index (χ2v) is 6.30. The highest BCUT2D eigenvalue weighted by molar-refractivity contribution is 6.05. The number of aryl methyl sites for hydroxylation is 1. The van der Waals surface area contributed by atoms with Crippen molar-refractivity contribution in [2.45, 2.75) is 19.6 Å². The van der Waals surface area contributed by atoms with Gasteiger partial charge in [-0.25, -0.2) is 0 Å². The number of halogens is 3. The van der Waals surface area contributed by atoms with Crippen LogP contribution in [0.3, 0.4) is 0 Å². The molecule has 0 saturated heterocycles. The number of alkyl halides is 3. The van der Waals surface area contributed by atoms with Crippen LogP contribution in [0.4, 0.5) is 24.5 Å². The molecule has 0 unspecified atom stereocenters. The number of nitrogens with one attached hydrogen (secondary N) is 2. The molecule has 0 saturated carbocycles. The average Bonchev–Trinajstić information content (AvgIpc) is 2.66. The van der Waals surface area contributed by atoms with Crippen molar-refractivity contribution >= 4 is 17.3 Å². The van der Waals surface area contributed by atoms with Crippen molar-refractivity contribution in [3.05, 3.63) is 89.2 Å². The van der Waals surface area contributed by atoms with Gasteiger partial charge in [-0.2, -0.15) is 13.2 Å². The average molecular weight is 385 g/mol. The number of anilines is 2. The van der Waals surface area contributed by atoms with Crippen LogP contribution in [0.1, 0.15) is 27.0 Å². The first kappa shape index (κ1) is 19.4. The summed E-state index contributed by atoms with van der Waals surface area (Å²) in [5.74, 6) is -0.664. The van der Waals surface area contributed by atoms with Gasteiger partial charge in [0.1, 0.15) is 0 Å². The molecule has 0 aliphatic heterocycles. The van der Waals surface area contributed by atoms with E-state index in [4.69, 9.17) is 0 Å². The fourth-order valence-electron chi connectivity index (χ4n) is 2.72. The van der Waals surface area contributed by atoms with Gasteiger partial charge in [0.15, 0.2) is 0 Å². The second kappa shape index (κ2) is 8.12. The van der Waals surface area contributed by atoms with Crippen LogP contribution in [0.15, 0.2) is 67.0 Å². The Hall–Kier alpha value is -3.35. The predicted octanol–water partition coefficient (Wildman–Crippen LogP) is 5.27. The van der Waals surface area contributed by atoms with Crippen molar-refractivity contribution in [1.82, 2.24) is 4.98 Å². The third kappa shape index (κ3) is 4.88. The third-order valence-electron chi connectivity index (χ3n) is 4.06. The molecule has 1 amide bonds. The van der Waals surface area contributed by atoms with E-state index in [0.717, 1.165) is 17.2 Å². The number of para-hydroxylation sites is 1. The fraction of sp³-hybridized carbons (Fsp3) is 0.143. The molecule has 0 aliphatic rings. The number of carbonyl (C=O) groups is 1. The van der Waals surface area contributed by atoms with Gasteiger partial charge in [0.25, 0.3) is 5.91 Å². The molecular formula is C21H18F3N3O. The van der Waals surface area contributed by atoms with Crippen molar-refractivity contribution in [2.24, 2.45) is 0 Å². The zero-order chi connectivity index (χ0) is 20.1. The molecule has 3 rings (SSSR count). The van der Waals surface area contributed by atoms with Gasteiger partial charge in [-0.05, 0) is 30.7 Å². The van der Waals surface area contributed by atoms with Crippen LogP contribution in [0.2, 0.25) is 0 Å². The summed E-state index contributed by atoms with van der Waals surface area (Å²) in [6.45, 7) is 2.53. The topological polar surface area (TPSA) is 54.0 Å². The summed E-state index contributed by atoms with van der Waals surface area (Å²) in [4.78, 5) is 16.4.